The van der Waals surface area contributed by atoms with Crippen LogP contribution in [0, 0.1) is 0 Å². The number of pyridine rings is 1. The average Bonchev–Trinajstić information content (AvgIpc) is 2.03. The first-order valence-corrected chi connectivity index (χ1v) is 4.18. The molecule has 0 aliphatic rings. The van der Waals surface area contributed by atoms with Crippen LogP contribution in [0.3, 0.4) is 0 Å². The lowest BCUT2D eigenvalue weighted by molar-refractivity contribution is -0.118. The molecular weight excluding hydrogens is 166 g/mol. The molecule has 0 saturated carbocycles. The molecule has 0 unspecified atom stereocenters. The highest BCUT2D eigenvalue weighted by Gasteiger charge is 1.97. The van der Waals surface area contributed by atoms with Gasteiger partial charge in [0.15, 0.2) is 0 Å². The maximum atomic E-state index is 10.4. The number of hydrogen-bond acceptors (Lipinski definition) is 3. The molecule has 1 heterocycles. The number of rotatable bonds is 4. The van der Waals surface area contributed by atoms with E-state index in [-0.39, 0.29) is 5.91 Å². The van der Waals surface area contributed by atoms with Crippen LogP contribution in [0.4, 0.5) is 5.82 Å². The van der Waals surface area contributed by atoms with E-state index >= 15 is 0 Å². The van der Waals surface area contributed by atoms with E-state index in [1.165, 1.54) is 0 Å². The number of nitrogens with zero attached hydrogens (tertiary/aromatic N) is 1. The zero-order chi connectivity index (χ0) is 9.68. The fraction of sp³-hybridized carbons (Fsp3) is 0.333. The number of nitrogens with two attached hydrogens (primary N) is 2. The van der Waals surface area contributed by atoms with E-state index in [0.717, 1.165) is 18.5 Å². The number of nitrogen functional groups attached to an aromatic ring is 1. The number of primary amides is 1. The molecule has 4 nitrogen and oxygen atoms in total. The maximum Gasteiger partial charge on any atom is 0.217 e. The molecule has 0 spiro atoms. The first-order chi connectivity index (χ1) is 6.18. The van der Waals surface area contributed by atoms with E-state index in [4.69, 9.17) is 11.5 Å². The molecule has 4 N–H and O–H groups in total. The minimum absolute atomic E-state index is 0.274. The second kappa shape index (κ2) is 4.45. The summed E-state index contributed by atoms with van der Waals surface area (Å²) in [7, 11) is 0. The van der Waals surface area contributed by atoms with Crippen molar-refractivity contribution < 1.29 is 4.79 Å². The van der Waals surface area contributed by atoms with Crippen molar-refractivity contribution in [1.82, 2.24) is 4.98 Å². The third-order valence-corrected chi connectivity index (χ3v) is 1.68. The summed E-state index contributed by atoms with van der Waals surface area (Å²) >= 11 is 0. The van der Waals surface area contributed by atoms with Gasteiger partial charge in [0, 0.05) is 12.1 Å². The van der Waals surface area contributed by atoms with Gasteiger partial charge in [-0.2, -0.15) is 0 Å². The third kappa shape index (κ3) is 3.55. The summed E-state index contributed by atoms with van der Waals surface area (Å²) in [5.74, 6) is 0.237. The number of amides is 1. The Hall–Kier alpha value is -1.58. The SMILES string of the molecule is NC(=O)CCCc1cccc(N)n1. The van der Waals surface area contributed by atoms with Gasteiger partial charge < -0.3 is 11.5 Å². The standard InChI is InChI=1S/C9H13N3O/c10-8-5-1-3-7(12-8)4-2-6-9(11)13/h1,3,5H,2,4,6H2,(H2,10,12)(H2,11,13). The lowest BCUT2D eigenvalue weighted by Crippen LogP contribution is -2.10. The highest BCUT2D eigenvalue weighted by Crippen LogP contribution is 2.04. The van der Waals surface area contributed by atoms with Crippen molar-refractivity contribution in [1.29, 1.82) is 0 Å². The van der Waals surface area contributed by atoms with Gasteiger partial charge in [-0.3, -0.25) is 4.79 Å². The summed E-state index contributed by atoms with van der Waals surface area (Å²) in [6.07, 6.45) is 1.87. The molecule has 0 aromatic carbocycles. The molecule has 0 aliphatic carbocycles. The van der Waals surface area contributed by atoms with Crippen LogP contribution >= 0.6 is 0 Å². The Bertz CT molecular complexity index is 299. The van der Waals surface area contributed by atoms with E-state index < -0.39 is 0 Å². The minimum atomic E-state index is -0.274. The van der Waals surface area contributed by atoms with Crippen LogP contribution in [0.2, 0.25) is 0 Å². The molecule has 0 saturated heterocycles. The van der Waals surface area contributed by atoms with Gasteiger partial charge in [0.05, 0.1) is 0 Å². The zero-order valence-electron chi connectivity index (χ0n) is 7.36. The van der Waals surface area contributed by atoms with Gasteiger partial charge in [-0.25, -0.2) is 4.98 Å². The highest BCUT2D eigenvalue weighted by molar-refractivity contribution is 5.73. The van der Waals surface area contributed by atoms with E-state index in [0.29, 0.717) is 12.2 Å². The molecule has 0 aliphatic heterocycles. The summed E-state index contributed by atoms with van der Waals surface area (Å²) in [6, 6.07) is 5.47. The van der Waals surface area contributed by atoms with Crippen LogP contribution in [-0.2, 0) is 11.2 Å². The van der Waals surface area contributed by atoms with Crippen LogP contribution < -0.4 is 11.5 Å². The van der Waals surface area contributed by atoms with Crippen LogP contribution in [0.5, 0.6) is 0 Å². The van der Waals surface area contributed by atoms with Crippen LogP contribution in [0.1, 0.15) is 18.5 Å². The number of carbonyl (C=O) groups excluding carboxylic acids is 1. The van der Waals surface area contributed by atoms with Crippen LogP contribution in [0.15, 0.2) is 18.2 Å². The Labute approximate surface area is 77.0 Å². The van der Waals surface area contributed by atoms with Crippen molar-refractivity contribution in [3.05, 3.63) is 23.9 Å². The van der Waals surface area contributed by atoms with Gasteiger partial charge in [0.1, 0.15) is 5.82 Å². The molecule has 1 aromatic heterocycles. The van der Waals surface area contributed by atoms with Crippen molar-refractivity contribution in [2.45, 2.75) is 19.3 Å². The molecule has 0 radical (unpaired) electrons. The number of aromatic nitrogens is 1. The van der Waals surface area contributed by atoms with Gasteiger partial charge >= 0.3 is 0 Å². The fourth-order valence-electron chi connectivity index (χ4n) is 1.08. The van der Waals surface area contributed by atoms with E-state index in [9.17, 15) is 4.79 Å². The third-order valence-electron chi connectivity index (χ3n) is 1.68. The predicted molar refractivity (Wildman–Crippen MR) is 50.8 cm³/mol. The summed E-state index contributed by atoms with van der Waals surface area (Å²) in [5.41, 5.74) is 11.4. The molecule has 0 bridgehead atoms. The lowest BCUT2D eigenvalue weighted by atomic mass is 10.2. The molecule has 13 heavy (non-hydrogen) atoms. The monoisotopic (exact) mass is 179 g/mol. The number of aryl methyl sites for hydroxylation is 1. The van der Waals surface area contributed by atoms with E-state index in [2.05, 4.69) is 4.98 Å². The molecular formula is C9H13N3O. The fourth-order valence-corrected chi connectivity index (χ4v) is 1.08. The number of carbonyl (C=O) groups is 1. The predicted octanol–water partition coefficient (Wildman–Crippen LogP) is 0.472. The lowest BCUT2D eigenvalue weighted by Gasteiger charge is -1.99. The maximum absolute atomic E-state index is 10.4. The Morgan fingerprint density at radius 1 is 1.46 bits per heavy atom. The minimum Gasteiger partial charge on any atom is -0.384 e. The Morgan fingerprint density at radius 3 is 2.85 bits per heavy atom. The quantitative estimate of drug-likeness (QED) is 0.704. The van der Waals surface area contributed by atoms with Crippen molar-refractivity contribution in [2.24, 2.45) is 5.73 Å². The van der Waals surface area contributed by atoms with Crippen LogP contribution in [0.25, 0.3) is 0 Å². The van der Waals surface area contributed by atoms with Crippen molar-refractivity contribution >= 4 is 11.7 Å². The van der Waals surface area contributed by atoms with E-state index in [1.807, 2.05) is 12.1 Å². The van der Waals surface area contributed by atoms with E-state index in [1.54, 1.807) is 6.07 Å². The second-order valence-corrected chi connectivity index (χ2v) is 2.87. The summed E-state index contributed by atoms with van der Waals surface area (Å²) in [6.45, 7) is 0. The molecule has 0 atom stereocenters. The normalized spacial score (nSPS) is 9.85. The van der Waals surface area contributed by atoms with Gasteiger partial charge in [0.25, 0.3) is 0 Å². The van der Waals surface area contributed by atoms with Gasteiger partial charge in [-0.1, -0.05) is 6.07 Å². The van der Waals surface area contributed by atoms with Gasteiger partial charge in [-0.15, -0.1) is 0 Å². The van der Waals surface area contributed by atoms with Gasteiger partial charge in [0.2, 0.25) is 5.91 Å². The summed E-state index contributed by atoms with van der Waals surface area (Å²) in [5, 5.41) is 0. The Balaban J connectivity index is 2.41. The second-order valence-electron chi connectivity index (χ2n) is 2.87. The smallest absolute Gasteiger partial charge is 0.217 e. The largest absolute Gasteiger partial charge is 0.384 e. The van der Waals surface area contributed by atoms with Crippen LogP contribution in [-0.4, -0.2) is 10.9 Å². The molecule has 70 valence electrons. The summed E-state index contributed by atoms with van der Waals surface area (Å²) < 4.78 is 0. The number of anilines is 1. The average molecular weight is 179 g/mol. The first kappa shape index (κ1) is 9.51. The Morgan fingerprint density at radius 2 is 2.23 bits per heavy atom. The topological polar surface area (TPSA) is 82.0 Å². The molecule has 1 amide bonds. The molecule has 4 heteroatoms. The van der Waals surface area contributed by atoms with Gasteiger partial charge in [-0.05, 0) is 25.0 Å². The van der Waals surface area contributed by atoms with Crippen molar-refractivity contribution in [3.8, 4) is 0 Å². The first-order valence-electron chi connectivity index (χ1n) is 4.18. The summed E-state index contributed by atoms with van der Waals surface area (Å²) in [4.78, 5) is 14.5. The highest BCUT2D eigenvalue weighted by atomic mass is 16.1. The number of hydrogen-bond donors (Lipinski definition) is 2. The van der Waals surface area contributed by atoms with Crippen molar-refractivity contribution in [2.75, 3.05) is 5.73 Å². The molecule has 1 rings (SSSR count). The Kier molecular flexibility index (Phi) is 3.25. The molecule has 1 aromatic rings. The molecule has 0 fully saturated rings. The zero-order valence-corrected chi connectivity index (χ0v) is 7.36. The van der Waals surface area contributed by atoms with Crippen molar-refractivity contribution in [3.63, 3.8) is 0 Å².